The fourth-order valence-corrected chi connectivity index (χ4v) is 3.57. The summed E-state index contributed by atoms with van der Waals surface area (Å²) in [5.74, 6) is 0.876. The van der Waals surface area contributed by atoms with E-state index in [2.05, 4.69) is 54.4 Å². The highest BCUT2D eigenvalue weighted by Gasteiger charge is 2.23. The maximum atomic E-state index is 3.49. The van der Waals surface area contributed by atoms with E-state index in [-0.39, 0.29) is 0 Å². The van der Waals surface area contributed by atoms with Crippen LogP contribution in [0.4, 0.5) is 0 Å². The maximum Gasteiger partial charge on any atom is 0.0348 e. The topological polar surface area (TPSA) is 15.3 Å². The van der Waals surface area contributed by atoms with E-state index in [1.165, 1.54) is 63.8 Å². The largest absolute Gasteiger partial charge is 0.317 e. The van der Waals surface area contributed by atoms with E-state index < -0.39 is 0 Å². The van der Waals surface area contributed by atoms with Crippen LogP contribution in [-0.4, -0.2) is 31.1 Å². The van der Waals surface area contributed by atoms with Crippen LogP contribution in [0.25, 0.3) is 0 Å². The van der Waals surface area contributed by atoms with Crippen molar-refractivity contribution in [1.29, 1.82) is 0 Å². The van der Waals surface area contributed by atoms with Crippen molar-refractivity contribution in [2.75, 3.05) is 26.2 Å². The van der Waals surface area contributed by atoms with Gasteiger partial charge in [0.05, 0.1) is 0 Å². The second-order valence-corrected chi connectivity index (χ2v) is 6.40. The first-order chi connectivity index (χ1) is 10.3. The summed E-state index contributed by atoms with van der Waals surface area (Å²) in [5.41, 5.74) is 1.50. The summed E-state index contributed by atoms with van der Waals surface area (Å²) >= 11 is 0. The van der Waals surface area contributed by atoms with Crippen LogP contribution in [0, 0.1) is 5.92 Å². The lowest BCUT2D eigenvalue weighted by molar-refractivity contribution is 0.144. The van der Waals surface area contributed by atoms with Crippen LogP contribution in [-0.2, 0) is 0 Å². The quantitative estimate of drug-likeness (QED) is 0.769. The molecule has 0 bridgehead atoms. The summed E-state index contributed by atoms with van der Waals surface area (Å²) < 4.78 is 0. The molecule has 1 atom stereocenters. The summed E-state index contributed by atoms with van der Waals surface area (Å²) in [6.45, 7) is 9.52. The van der Waals surface area contributed by atoms with E-state index in [0.29, 0.717) is 6.04 Å². The molecule has 1 fully saturated rings. The smallest absolute Gasteiger partial charge is 0.0348 e. The van der Waals surface area contributed by atoms with Crippen LogP contribution in [0.3, 0.4) is 0 Å². The monoisotopic (exact) mass is 288 g/mol. The zero-order valence-electron chi connectivity index (χ0n) is 13.9. The third kappa shape index (κ3) is 5.12. The van der Waals surface area contributed by atoms with Gasteiger partial charge in [-0.3, -0.25) is 4.90 Å². The van der Waals surface area contributed by atoms with Gasteiger partial charge in [0.25, 0.3) is 0 Å². The summed E-state index contributed by atoms with van der Waals surface area (Å²) in [4.78, 5) is 2.76. The molecule has 0 aromatic heterocycles. The molecular weight excluding hydrogens is 256 g/mol. The average molecular weight is 288 g/mol. The Balaban J connectivity index is 2.07. The molecule has 1 unspecified atom stereocenters. The summed E-state index contributed by atoms with van der Waals surface area (Å²) in [6, 6.07) is 11.7. The molecule has 1 saturated heterocycles. The molecule has 1 heterocycles. The van der Waals surface area contributed by atoms with Gasteiger partial charge in [-0.1, -0.05) is 50.6 Å². The van der Waals surface area contributed by atoms with Crippen molar-refractivity contribution in [1.82, 2.24) is 10.2 Å². The van der Waals surface area contributed by atoms with Crippen molar-refractivity contribution in [3.63, 3.8) is 0 Å². The number of nitrogens with one attached hydrogen (secondary N) is 1. The SMILES string of the molecule is CCCC(c1ccccc1)N(CCC)CC1CCNCC1. The molecule has 1 aliphatic heterocycles. The fourth-order valence-electron chi connectivity index (χ4n) is 3.57. The molecular formula is C19H32N2. The molecule has 1 aromatic carbocycles. The minimum absolute atomic E-state index is 0.603. The zero-order chi connectivity index (χ0) is 14.9. The van der Waals surface area contributed by atoms with Gasteiger partial charge in [-0.05, 0) is 56.8 Å². The third-order valence-electron chi connectivity index (χ3n) is 4.65. The molecule has 0 aliphatic carbocycles. The molecule has 1 aliphatic rings. The lowest BCUT2D eigenvalue weighted by Gasteiger charge is -2.36. The standard InChI is InChI=1S/C19H32N2/c1-3-8-19(18-9-6-5-7-10-18)21(15-4-2)16-17-11-13-20-14-12-17/h5-7,9-10,17,19-20H,3-4,8,11-16H2,1-2H3. The highest BCUT2D eigenvalue weighted by Crippen LogP contribution is 2.28. The van der Waals surface area contributed by atoms with Crippen LogP contribution in [0.15, 0.2) is 30.3 Å². The molecule has 0 saturated carbocycles. The van der Waals surface area contributed by atoms with Crippen molar-refractivity contribution >= 4 is 0 Å². The Morgan fingerprint density at radius 3 is 2.43 bits per heavy atom. The lowest BCUT2D eigenvalue weighted by Crippen LogP contribution is -2.38. The van der Waals surface area contributed by atoms with E-state index in [0.717, 1.165) is 5.92 Å². The Bertz CT molecular complexity index is 370. The Morgan fingerprint density at radius 2 is 1.81 bits per heavy atom. The number of piperidine rings is 1. The van der Waals surface area contributed by atoms with E-state index >= 15 is 0 Å². The van der Waals surface area contributed by atoms with Crippen LogP contribution in [0.2, 0.25) is 0 Å². The van der Waals surface area contributed by atoms with Gasteiger partial charge in [-0.2, -0.15) is 0 Å². The van der Waals surface area contributed by atoms with Gasteiger partial charge < -0.3 is 5.32 Å². The van der Waals surface area contributed by atoms with Crippen LogP contribution >= 0.6 is 0 Å². The molecule has 1 N–H and O–H groups in total. The first-order valence-electron chi connectivity index (χ1n) is 8.84. The Labute approximate surface area is 130 Å². The number of benzene rings is 1. The molecule has 21 heavy (non-hydrogen) atoms. The number of hydrogen-bond donors (Lipinski definition) is 1. The predicted molar refractivity (Wildman–Crippen MR) is 91.5 cm³/mol. The molecule has 2 heteroatoms. The van der Waals surface area contributed by atoms with E-state index in [1.807, 2.05) is 0 Å². The summed E-state index contributed by atoms with van der Waals surface area (Å²) in [5, 5.41) is 3.49. The molecule has 0 radical (unpaired) electrons. The fraction of sp³-hybridized carbons (Fsp3) is 0.684. The Morgan fingerprint density at radius 1 is 1.10 bits per heavy atom. The number of nitrogens with zero attached hydrogens (tertiary/aromatic N) is 1. The zero-order valence-corrected chi connectivity index (χ0v) is 13.9. The third-order valence-corrected chi connectivity index (χ3v) is 4.65. The van der Waals surface area contributed by atoms with Gasteiger partial charge in [-0.25, -0.2) is 0 Å². The summed E-state index contributed by atoms with van der Waals surface area (Å²) in [6.07, 6.45) is 6.46. The molecule has 0 spiro atoms. The molecule has 2 nitrogen and oxygen atoms in total. The van der Waals surface area contributed by atoms with E-state index in [1.54, 1.807) is 0 Å². The van der Waals surface area contributed by atoms with Crippen molar-refractivity contribution in [3.05, 3.63) is 35.9 Å². The van der Waals surface area contributed by atoms with Gasteiger partial charge in [-0.15, -0.1) is 0 Å². The molecule has 118 valence electrons. The molecule has 0 amide bonds. The van der Waals surface area contributed by atoms with E-state index in [9.17, 15) is 0 Å². The average Bonchev–Trinajstić information content (AvgIpc) is 2.54. The second kappa shape index (κ2) is 9.22. The Hall–Kier alpha value is -0.860. The van der Waals surface area contributed by atoms with Crippen LogP contribution in [0.5, 0.6) is 0 Å². The van der Waals surface area contributed by atoms with Gasteiger partial charge in [0.15, 0.2) is 0 Å². The first kappa shape index (κ1) is 16.5. The van der Waals surface area contributed by atoms with Gasteiger partial charge in [0.1, 0.15) is 0 Å². The minimum Gasteiger partial charge on any atom is -0.317 e. The van der Waals surface area contributed by atoms with Crippen molar-refractivity contribution in [2.24, 2.45) is 5.92 Å². The second-order valence-electron chi connectivity index (χ2n) is 6.40. The lowest BCUT2D eigenvalue weighted by atomic mass is 9.94. The van der Waals surface area contributed by atoms with Gasteiger partial charge in [0.2, 0.25) is 0 Å². The predicted octanol–water partition coefficient (Wildman–Crippen LogP) is 4.24. The van der Waals surface area contributed by atoms with Gasteiger partial charge >= 0.3 is 0 Å². The van der Waals surface area contributed by atoms with E-state index in [4.69, 9.17) is 0 Å². The normalized spacial score (nSPS) is 18.0. The highest BCUT2D eigenvalue weighted by atomic mass is 15.2. The maximum absolute atomic E-state index is 3.49. The van der Waals surface area contributed by atoms with Crippen LogP contribution < -0.4 is 5.32 Å². The van der Waals surface area contributed by atoms with Crippen LogP contribution in [0.1, 0.15) is 57.6 Å². The Kier molecular flexibility index (Phi) is 7.25. The van der Waals surface area contributed by atoms with Crippen molar-refractivity contribution < 1.29 is 0 Å². The number of hydrogen-bond acceptors (Lipinski definition) is 2. The molecule has 1 aromatic rings. The van der Waals surface area contributed by atoms with Gasteiger partial charge in [0, 0.05) is 12.6 Å². The number of rotatable bonds is 8. The van der Waals surface area contributed by atoms with Crippen molar-refractivity contribution in [2.45, 2.75) is 52.0 Å². The van der Waals surface area contributed by atoms with Crippen molar-refractivity contribution in [3.8, 4) is 0 Å². The minimum atomic E-state index is 0.603. The highest BCUT2D eigenvalue weighted by molar-refractivity contribution is 5.19. The molecule has 2 rings (SSSR count). The first-order valence-corrected chi connectivity index (χ1v) is 8.84. The summed E-state index contributed by atoms with van der Waals surface area (Å²) in [7, 11) is 0.